The summed E-state index contributed by atoms with van der Waals surface area (Å²) in [5, 5.41) is 11.1. The van der Waals surface area contributed by atoms with Crippen LogP contribution in [0, 0.1) is 0 Å². The van der Waals surface area contributed by atoms with Crippen LogP contribution in [-0.4, -0.2) is 22.7 Å². The number of amides is 1. The molecule has 0 bridgehead atoms. The Morgan fingerprint density at radius 1 is 0.966 bits per heavy atom. The van der Waals surface area contributed by atoms with Crippen LogP contribution in [0.15, 0.2) is 72.8 Å². The molecule has 0 aliphatic rings. The van der Waals surface area contributed by atoms with Gasteiger partial charge in [-0.05, 0) is 49.4 Å². The number of benzene rings is 3. The second kappa shape index (κ2) is 8.48. The summed E-state index contributed by atoms with van der Waals surface area (Å²) >= 11 is 0. The van der Waals surface area contributed by atoms with E-state index in [4.69, 9.17) is 9.47 Å². The first-order valence-corrected chi connectivity index (χ1v) is 9.44. The van der Waals surface area contributed by atoms with Crippen LogP contribution in [0.5, 0.6) is 17.2 Å². The number of fused-ring (bicyclic) bond motifs is 1. The van der Waals surface area contributed by atoms with Crippen molar-refractivity contribution in [3.05, 3.63) is 78.5 Å². The highest BCUT2D eigenvalue weighted by molar-refractivity contribution is 5.96. The summed E-state index contributed by atoms with van der Waals surface area (Å²) in [5.74, 6) is 1.87. The molecule has 1 amide bonds. The molecule has 6 heteroatoms. The molecule has 0 aliphatic heterocycles. The van der Waals surface area contributed by atoms with Gasteiger partial charge in [0, 0.05) is 5.39 Å². The van der Waals surface area contributed by atoms with Gasteiger partial charge in [-0.3, -0.25) is 9.89 Å². The van der Waals surface area contributed by atoms with Crippen molar-refractivity contribution in [3.63, 3.8) is 0 Å². The third-order valence-corrected chi connectivity index (χ3v) is 4.40. The third-order valence-electron chi connectivity index (χ3n) is 4.40. The molecular weight excluding hydrogens is 366 g/mol. The van der Waals surface area contributed by atoms with Crippen LogP contribution in [0.25, 0.3) is 10.9 Å². The highest BCUT2D eigenvalue weighted by atomic mass is 16.5. The van der Waals surface area contributed by atoms with E-state index in [1.54, 1.807) is 0 Å². The van der Waals surface area contributed by atoms with Crippen LogP contribution in [0.3, 0.4) is 0 Å². The van der Waals surface area contributed by atoms with Crippen LogP contribution < -0.4 is 14.8 Å². The van der Waals surface area contributed by atoms with Gasteiger partial charge in [0.15, 0.2) is 5.75 Å². The smallest absolute Gasteiger partial charge is 0.230 e. The van der Waals surface area contributed by atoms with E-state index in [1.807, 2.05) is 79.7 Å². The molecule has 0 aliphatic carbocycles. The summed E-state index contributed by atoms with van der Waals surface area (Å²) in [7, 11) is 0. The van der Waals surface area contributed by atoms with E-state index in [9.17, 15) is 4.79 Å². The van der Waals surface area contributed by atoms with Crippen LogP contribution >= 0.6 is 0 Å². The lowest BCUT2D eigenvalue weighted by molar-refractivity contribution is -0.115. The molecule has 4 aromatic rings. The summed E-state index contributed by atoms with van der Waals surface area (Å²) < 4.78 is 11.4. The van der Waals surface area contributed by atoms with Gasteiger partial charge in [-0.15, -0.1) is 0 Å². The van der Waals surface area contributed by atoms with Crippen LogP contribution in [0.4, 0.5) is 5.69 Å². The normalized spacial score (nSPS) is 10.7. The van der Waals surface area contributed by atoms with Gasteiger partial charge in [0.05, 0.1) is 29.9 Å². The summed E-state index contributed by atoms with van der Waals surface area (Å²) in [6, 6.07) is 22.4. The molecule has 0 saturated heterocycles. The van der Waals surface area contributed by atoms with Gasteiger partial charge in [0.25, 0.3) is 0 Å². The van der Waals surface area contributed by atoms with Gasteiger partial charge in [0.1, 0.15) is 11.5 Å². The Bertz CT molecular complexity index is 1120. The van der Waals surface area contributed by atoms with Crippen molar-refractivity contribution < 1.29 is 14.3 Å². The molecule has 0 unspecified atom stereocenters. The zero-order valence-corrected chi connectivity index (χ0v) is 16.0. The Labute approximate surface area is 168 Å². The van der Waals surface area contributed by atoms with Crippen molar-refractivity contribution in [3.8, 4) is 17.2 Å². The lowest BCUT2D eigenvalue weighted by Crippen LogP contribution is -2.15. The number of carbonyl (C=O) groups is 1. The summed E-state index contributed by atoms with van der Waals surface area (Å²) in [4.78, 5) is 12.6. The molecule has 0 saturated carbocycles. The van der Waals surface area contributed by atoms with Gasteiger partial charge in [0.2, 0.25) is 5.91 Å². The van der Waals surface area contributed by atoms with E-state index in [0.29, 0.717) is 23.8 Å². The molecule has 4 rings (SSSR count). The van der Waals surface area contributed by atoms with Crippen molar-refractivity contribution in [2.24, 2.45) is 0 Å². The molecule has 3 aromatic carbocycles. The maximum absolute atomic E-state index is 12.6. The number of ether oxygens (including phenoxy) is 2. The second-order valence-corrected chi connectivity index (χ2v) is 6.45. The number of nitrogens with one attached hydrogen (secondary N) is 2. The SMILES string of the molecule is CCOc1ccc(Oc2ccccc2NC(=O)Cc2[nH]nc3ccccc23)cc1. The minimum atomic E-state index is -0.151. The summed E-state index contributed by atoms with van der Waals surface area (Å²) in [6.45, 7) is 2.55. The van der Waals surface area contributed by atoms with E-state index in [-0.39, 0.29) is 12.3 Å². The number of para-hydroxylation sites is 3. The first kappa shape index (κ1) is 18.6. The molecule has 0 radical (unpaired) electrons. The van der Waals surface area contributed by atoms with E-state index in [2.05, 4.69) is 15.5 Å². The van der Waals surface area contributed by atoms with Crippen molar-refractivity contribution in [2.45, 2.75) is 13.3 Å². The van der Waals surface area contributed by atoms with Gasteiger partial charge in [-0.25, -0.2) is 0 Å². The van der Waals surface area contributed by atoms with Gasteiger partial charge in [-0.1, -0.05) is 30.3 Å². The number of aromatic nitrogens is 2. The van der Waals surface area contributed by atoms with E-state index >= 15 is 0 Å². The van der Waals surface area contributed by atoms with Crippen molar-refractivity contribution >= 4 is 22.5 Å². The first-order valence-electron chi connectivity index (χ1n) is 9.44. The van der Waals surface area contributed by atoms with Crippen molar-refractivity contribution in [1.82, 2.24) is 10.2 Å². The van der Waals surface area contributed by atoms with Crippen LogP contribution in [0.2, 0.25) is 0 Å². The topological polar surface area (TPSA) is 76.2 Å². The number of rotatable bonds is 7. The van der Waals surface area contributed by atoms with E-state index in [1.165, 1.54) is 0 Å². The average molecular weight is 387 g/mol. The highest BCUT2D eigenvalue weighted by Crippen LogP contribution is 2.30. The lowest BCUT2D eigenvalue weighted by Gasteiger charge is -2.12. The number of H-pyrrole nitrogens is 1. The molecule has 1 aromatic heterocycles. The maximum atomic E-state index is 12.6. The predicted molar refractivity (Wildman–Crippen MR) is 113 cm³/mol. The monoisotopic (exact) mass is 387 g/mol. The predicted octanol–water partition coefficient (Wildman–Crippen LogP) is 4.94. The molecular formula is C23H21N3O3. The number of hydrogen-bond acceptors (Lipinski definition) is 4. The Morgan fingerprint density at radius 2 is 1.69 bits per heavy atom. The van der Waals surface area contributed by atoms with E-state index < -0.39 is 0 Å². The fourth-order valence-electron chi connectivity index (χ4n) is 3.06. The zero-order chi connectivity index (χ0) is 20.1. The fraction of sp³-hybridized carbons (Fsp3) is 0.130. The quantitative estimate of drug-likeness (QED) is 0.471. The molecule has 146 valence electrons. The van der Waals surface area contributed by atoms with E-state index in [0.717, 1.165) is 22.3 Å². The fourth-order valence-corrected chi connectivity index (χ4v) is 3.06. The Kier molecular flexibility index (Phi) is 5.42. The molecule has 6 nitrogen and oxygen atoms in total. The standard InChI is InChI=1S/C23H21N3O3/c1-2-28-16-11-13-17(14-12-16)29-22-10-6-5-9-20(22)24-23(27)15-21-18-7-3-4-8-19(18)25-26-21/h3-14H,2,15H2,1H3,(H,24,27)(H,25,26). The van der Waals surface area contributed by atoms with Crippen molar-refractivity contribution in [2.75, 3.05) is 11.9 Å². The average Bonchev–Trinajstić information content (AvgIpc) is 3.14. The Balaban J connectivity index is 1.47. The summed E-state index contributed by atoms with van der Waals surface area (Å²) in [6.07, 6.45) is 0.192. The largest absolute Gasteiger partial charge is 0.494 e. The number of carbonyl (C=O) groups excluding carboxylic acids is 1. The first-order chi connectivity index (χ1) is 14.2. The minimum absolute atomic E-state index is 0.151. The third kappa shape index (κ3) is 4.38. The second-order valence-electron chi connectivity index (χ2n) is 6.45. The van der Waals surface area contributed by atoms with Gasteiger partial charge in [-0.2, -0.15) is 5.10 Å². The maximum Gasteiger partial charge on any atom is 0.230 e. The number of nitrogens with zero attached hydrogens (tertiary/aromatic N) is 1. The minimum Gasteiger partial charge on any atom is -0.494 e. The van der Waals surface area contributed by atoms with Gasteiger partial charge >= 0.3 is 0 Å². The highest BCUT2D eigenvalue weighted by Gasteiger charge is 2.12. The molecule has 29 heavy (non-hydrogen) atoms. The summed E-state index contributed by atoms with van der Waals surface area (Å²) in [5.41, 5.74) is 2.23. The lowest BCUT2D eigenvalue weighted by atomic mass is 10.1. The number of hydrogen-bond donors (Lipinski definition) is 2. The van der Waals surface area contributed by atoms with Crippen molar-refractivity contribution in [1.29, 1.82) is 0 Å². The Hall–Kier alpha value is -3.80. The molecule has 1 heterocycles. The number of aromatic amines is 1. The van der Waals surface area contributed by atoms with Gasteiger partial charge < -0.3 is 14.8 Å². The van der Waals surface area contributed by atoms with Crippen LogP contribution in [-0.2, 0) is 11.2 Å². The number of anilines is 1. The molecule has 0 fully saturated rings. The molecule has 2 N–H and O–H groups in total. The van der Waals surface area contributed by atoms with Crippen LogP contribution in [0.1, 0.15) is 12.6 Å². The molecule has 0 atom stereocenters. The molecule has 0 spiro atoms. The Morgan fingerprint density at radius 3 is 2.52 bits per heavy atom. The zero-order valence-electron chi connectivity index (χ0n) is 16.0.